The lowest BCUT2D eigenvalue weighted by Gasteiger charge is -2.30. The van der Waals surface area contributed by atoms with Gasteiger partial charge in [0.25, 0.3) is 0 Å². The molecule has 0 radical (unpaired) electrons. The number of benzene rings is 2. The van der Waals surface area contributed by atoms with Crippen LogP contribution in [-0.4, -0.2) is 17.8 Å². The Bertz CT molecular complexity index is 1270. The number of aromatic hydroxyl groups is 1. The van der Waals surface area contributed by atoms with Gasteiger partial charge in [-0.1, -0.05) is 23.8 Å². The molecule has 0 bridgehead atoms. The number of ether oxygens (including phenoxy) is 2. The van der Waals surface area contributed by atoms with E-state index in [0.717, 1.165) is 11.1 Å². The van der Waals surface area contributed by atoms with Crippen LogP contribution in [-0.2, 0) is 6.42 Å². The molecule has 0 saturated heterocycles. The number of phenols is 1. The van der Waals surface area contributed by atoms with Crippen molar-refractivity contribution in [3.8, 4) is 28.4 Å². The minimum absolute atomic E-state index is 0.123. The lowest BCUT2D eigenvalue weighted by molar-refractivity contribution is 0.157. The van der Waals surface area contributed by atoms with Crippen molar-refractivity contribution in [1.29, 1.82) is 0 Å². The van der Waals surface area contributed by atoms with Crippen LogP contribution < -0.4 is 14.9 Å². The second-order valence-electron chi connectivity index (χ2n) is 8.51. The third-order valence-electron chi connectivity index (χ3n) is 5.41. The standard InChI is InChI=1S/C26H26O5/c1-15(2)6-11-19-24-18(12-13-26(3,4)31-24)22(27)21-23(28)20(14-30-25(19)21)16-7-9-17(29-5)10-8-16/h6-10,12-14,27H,11H2,1-5H3. The Morgan fingerprint density at radius 1 is 1.19 bits per heavy atom. The van der Waals surface area contributed by atoms with Gasteiger partial charge >= 0.3 is 0 Å². The molecular weight excluding hydrogens is 392 g/mol. The van der Waals surface area contributed by atoms with Gasteiger partial charge in [-0.25, -0.2) is 0 Å². The maximum absolute atomic E-state index is 13.5. The van der Waals surface area contributed by atoms with Crippen LogP contribution in [0.3, 0.4) is 0 Å². The summed E-state index contributed by atoms with van der Waals surface area (Å²) in [5.41, 5.74) is 2.98. The smallest absolute Gasteiger partial charge is 0.204 e. The molecule has 1 aliphatic rings. The quantitative estimate of drug-likeness (QED) is 0.537. The molecule has 3 aromatic rings. The summed E-state index contributed by atoms with van der Waals surface area (Å²) in [5, 5.41) is 11.2. The third-order valence-corrected chi connectivity index (χ3v) is 5.41. The zero-order valence-corrected chi connectivity index (χ0v) is 18.4. The fourth-order valence-electron chi connectivity index (χ4n) is 3.73. The largest absolute Gasteiger partial charge is 0.506 e. The lowest BCUT2D eigenvalue weighted by atomic mass is 9.93. The molecule has 4 rings (SSSR count). The van der Waals surface area contributed by atoms with Gasteiger partial charge in [0.1, 0.15) is 40.1 Å². The molecule has 31 heavy (non-hydrogen) atoms. The molecular formula is C26H26O5. The Morgan fingerprint density at radius 3 is 2.55 bits per heavy atom. The zero-order valence-electron chi connectivity index (χ0n) is 18.4. The summed E-state index contributed by atoms with van der Waals surface area (Å²) >= 11 is 0. The van der Waals surface area contributed by atoms with Gasteiger partial charge in [0, 0.05) is 5.56 Å². The molecule has 5 heteroatoms. The van der Waals surface area contributed by atoms with Crippen molar-refractivity contribution in [2.75, 3.05) is 7.11 Å². The van der Waals surface area contributed by atoms with E-state index < -0.39 is 5.60 Å². The second-order valence-corrected chi connectivity index (χ2v) is 8.51. The Hall–Kier alpha value is -3.47. The van der Waals surface area contributed by atoms with Gasteiger partial charge in [-0.15, -0.1) is 0 Å². The van der Waals surface area contributed by atoms with Crippen molar-refractivity contribution in [3.63, 3.8) is 0 Å². The summed E-state index contributed by atoms with van der Waals surface area (Å²) in [6, 6.07) is 7.15. The van der Waals surface area contributed by atoms with Crippen LogP contribution in [0.15, 0.2) is 57.5 Å². The predicted molar refractivity (Wildman–Crippen MR) is 123 cm³/mol. The van der Waals surface area contributed by atoms with Crippen molar-refractivity contribution in [2.45, 2.75) is 39.7 Å². The average molecular weight is 418 g/mol. The van der Waals surface area contributed by atoms with Gasteiger partial charge in [-0.3, -0.25) is 4.79 Å². The number of phenolic OH excluding ortho intramolecular Hbond substituents is 1. The number of fused-ring (bicyclic) bond motifs is 2. The molecule has 1 aromatic heterocycles. The predicted octanol–water partition coefficient (Wildman–Crippen LogP) is 5.87. The van der Waals surface area contributed by atoms with Gasteiger partial charge in [0.2, 0.25) is 5.43 Å². The van der Waals surface area contributed by atoms with Crippen LogP contribution in [0.5, 0.6) is 17.2 Å². The van der Waals surface area contributed by atoms with Crippen molar-refractivity contribution in [3.05, 3.63) is 69.6 Å². The van der Waals surface area contributed by atoms with Gasteiger partial charge in [0.15, 0.2) is 0 Å². The fourth-order valence-corrected chi connectivity index (χ4v) is 3.73. The van der Waals surface area contributed by atoms with E-state index in [0.29, 0.717) is 40.2 Å². The molecule has 1 aliphatic heterocycles. The molecule has 0 spiro atoms. The second kappa shape index (κ2) is 7.65. The normalized spacial score (nSPS) is 14.1. The number of hydrogen-bond donors (Lipinski definition) is 1. The van der Waals surface area contributed by atoms with Crippen LogP contribution in [0, 0.1) is 0 Å². The lowest BCUT2D eigenvalue weighted by Crippen LogP contribution is -2.28. The molecule has 0 saturated carbocycles. The van der Waals surface area contributed by atoms with E-state index in [-0.39, 0.29) is 16.6 Å². The molecule has 0 amide bonds. The summed E-state index contributed by atoms with van der Waals surface area (Å²) in [7, 11) is 1.59. The highest BCUT2D eigenvalue weighted by molar-refractivity contribution is 5.95. The van der Waals surface area contributed by atoms with Gasteiger partial charge < -0.3 is 19.0 Å². The minimum atomic E-state index is -0.532. The number of allylic oxidation sites excluding steroid dienone is 2. The summed E-state index contributed by atoms with van der Waals surface area (Å²) in [6.07, 6.45) is 7.72. The van der Waals surface area contributed by atoms with E-state index in [1.807, 2.05) is 39.8 Å². The Kier molecular flexibility index (Phi) is 5.13. The number of methoxy groups -OCH3 is 1. The maximum Gasteiger partial charge on any atom is 0.204 e. The molecule has 0 unspecified atom stereocenters. The fraction of sp³-hybridized carbons (Fsp3) is 0.269. The van der Waals surface area contributed by atoms with Crippen molar-refractivity contribution >= 4 is 17.0 Å². The van der Waals surface area contributed by atoms with Crippen molar-refractivity contribution in [2.24, 2.45) is 0 Å². The number of hydrogen-bond acceptors (Lipinski definition) is 5. The third kappa shape index (κ3) is 3.72. The molecule has 0 aliphatic carbocycles. The van der Waals surface area contributed by atoms with Gasteiger partial charge in [-0.2, -0.15) is 0 Å². The summed E-state index contributed by atoms with van der Waals surface area (Å²) in [4.78, 5) is 13.5. The van der Waals surface area contributed by atoms with E-state index in [9.17, 15) is 9.90 Å². The van der Waals surface area contributed by atoms with Crippen LogP contribution in [0.4, 0.5) is 0 Å². The van der Waals surface area contributed by atoms with Crippen LogP contribution in [0.25, 0.3) is 28.2 Å². The van der Waals surface area contributed by atoms with E-state index in [4.69, 9.17) is 13.9 Å². The average Bonchev–Trinajstić information content (AvgIpc) is 2.73. The van der Waals surface area contributed by atoms with E-state index in [2.05, 4.69) is 6.08 Å². The van der Waals surface area contributed by atoms with E-state index >= 15 is 0 Å². The Balaban J connectivity index is 2.01. The highest BCUT2D eigenvalue weighted by Gasteiger charge is 2.30. The van der Waals surface area contributed by atoms with Crippen LogP contribution in [0.2, 0.25) is 0 Å². The van der Waals surface area contributed by atoms with Crippen LogP contribution >= 0.6 is 0 Å². The highest BCUT2D eigenvalue weighted by Crippen LogP contribution is 2.45. The van der Waals surface area contributed by atoms with E-state index in [1.165, 1.54) is 6.26 Å². The van der Waals surface area contributed by atoms with Gasteiger partial charge in [-0.05, 0) is 64.0 Å². The Morgan fingerprint density at radius 2 is 1.90 bits per heavy atom. The molecule has 0 atom stereocenters. The summed E-state index contributed by atoms with van der Waals surface area (Å²) < 4.78 is 17.4. The van der Waals surface area contributed by atoms with E-state index in [1.54, 1.807) is 31.4 Å². The zero-order chi connectivity index (χ0) is 22.3. The molecule has 5 nitrogen and oxygen atoms in total. The van der Waals surface area contributed by atoms with Crippen LogP contribution in [0.1, 0.15) is 38.8 Å². The topological polar surface area (TPSA) is 68.9 Å². The molecule has 2 aromatic carbocycles. The Labute approximate surface area is 181 Å². The SMILES string of the molecule is COc1ccc(-c2coc3c(CC=C(C)C)c4c(c(O)c3c2=O)C=CC(C)(C)O4)cc1. The first-order valence-corrected chi connectivity index (χ1v) is 10.2. The van der Waals surface area contributed by atoms with Crippen molar-refractivity contribution in [1.82, 2.24) is 0 Å². The highest BCUT2D eigenvalue weighted by atomic mass is 16.5. The first-order chi connectivity index (χ1) is 14.7. The maximum atomic E-state index is 13.5. The molecule has 160 valence electrons. The van der Waals surface area contributed by atoms with Gasteiger partial charge in [0.05, 0.1) is 18.2 Å². The monoisotopic (exact) mass is 418 g/mol. The summed E-state index contributed by atoms with van der Waals surface area (Å²) in [6.45, 7) is 7.91. The van der Waals surface area contributed by atoms with Crippen molar-refractivity contribution < 1.29 is 19.0 Å². The first kappa shape index (κ1) is 20.8. The molecule has 0 fully saturated rings. The first-order valence-electron chi connectivity index (χ1n) is 10.2. The number of rotatable bonds is 4. The molecule has 2 heterocycles. The molecule has 1 N–H and O–H groups in total. The minimum Gasteiger partial charge on any atom is -0.506 e. The summed E-state index contributed by atoms with van der Waals surface area (Å²) in [5.74, 6) is 1.12.